The van der Waals surface area contributed by atoms with Crippen LogP contribution in [-0.2, 0) is 0 Å². The highest BCUT2D eigenvalue weighted by Crippen LogP contribution is 2.28. The van der Waals surface area contributed by atoms with E-state index in [0.29, 0.717) is 5.92 Å². The third-order valence-corrected chi connectivity index (χ3v) is 3.08. The maximum Gasteiger partial charge on any atom is 0.116 e. The molecule has 0 atom stereocenters. The lowest BCUT2D eigenvalue weighted by molar-refractivity contribution is 0.550. The van der Waals surface area contributed by atoms with E-state index >= 15 is 0 Å². The van der Waals surface area contributed by atoms with E-state index in [-0.39, 0.29) is 0 Å². The zero-order valence-corrected chi connectivity index (χ0v) is 10.6. The molecular weight excluding hydrogens is 210 g/mol. The van der Waals surface area contributed by atoms with E-state index in [1.807, 2.05) is 18.3 Å². The smallest absolute Gasteiger partial charge is 0.116 e. The van der Waals surface area contributed by atoms with E-state index in [2.05, 4.69) is 28.8 Å². The van der Waals surface area contributed by atoms with Crippen molar-refractivity contribution in [2.45, 2.75) is 45.4 Å². The minimum Gasteiger partial charge on any atom is -0.253 e. The van der Waals surface area contributed by atoms with Gasteiger partial charge in [0.15, 0.2) is 0 Å². The van der Waals surface area contributed by atoms with E-state index in [0.717, 1.165) is 16.7 Å². The lowest BCUT2D eigenvalue weighted by Crippen LogP contribution is -2.04. The summed E-state index contributed by atoms with van der Waals surface area (Å²) in [6, 6.07) is 3.93. The average Bonchev–Trinajstić information content (AvgIpc) is 2.38. The van der Waals surface area contributed by atoms with Gasteiger partial charge in [-0.3, -0.25) is 4.98 Å². The molecule has 90 valence electrons. The van der Waals surface area contributed by atoms with Gasteiger partial charge in [0.1, 0.15) is 11.8 Å². The molecule has 0 radical (unpaired) electrons. The molecule has 2 heterocycles. The fourth-order valence-corrected chi connectivity index (χ4v) is 2.33. The number of pyridine rings is 1. The number of hydrogen-bond donors (Lipinski definition) is 0. The fourth-order valence-electron chi connectivity index (χ4n) is 2.33. The minimum absolute atomic E-state index is 0.519. The molecule has 0 aliphatic heterocycles. The Kier molecular flexibility index (Phi) is 4.02. The van der Waals surface area contributed by atoms with Crippen molar-refractivity contribution in [2.24, 2.45) is 0 Å². The highest BCUT2D eigenvalue weighted by Gasteiger charge is 2.15. The van der Waals surface area contributed by atoms with Gasteiger partial charge in [0.2, 0.25) is 0 Å². The molecule has 3 nitrogen and oxygen atoms in total. The molecule has 0 unspecified atom stereocenters. The summed E-state index contributed by atoms with van der Waals surface area (Å²) < 4.78 is 0. The first-order chi connectivity index (χ1) is 8.36. The van der Waals surface area contributed by atoms with Crippen LogP contribution in [0.2, 0.25) is 0 Å². The first-order valence-corrected chi connectivity index (χ1v) is 6.42. The number of nitrogens with zero attached hydrogens (tertiary/aromatic N) is 3. The number of hydrogen-bond acceptors (Lipinski definition) is 3. The Balaban J connectivity index is 2.44. The van der Waals surface area contributed by atoms with Gasteiger partial charge in [0.25, 0.3) is 0 Å². The molecule has 0 fully saturated rings. The summed E-state index contributed by atoms with van der Waals surface area (Å²) in [5.74, 6) is 0.519. The van der Waals surface area contributed by atoms with Gasteiger partial charge < -0.3 is 0 Å². The molecule has 0 N–H and O–H groups in total. The van der Waals surface area contributed by atoms with Crippen LogP contribution in [0, 0.1) is 0 Å². The first kappa shape index (κ1) is 12.0. The van der Waals surface area contributed by atoms with Gasteiger partial charge in [-0.05, 0) is 25.0 Å². The molecule has 2 aromatic heterocycles. The first-order valence-electron chi connectivity index (χ1n) is 6.42. The lowest BCUT2D eigenvalue weighted by Gasteiger charge is -2.15. The van der Waals surface area contributed by atoms with Crippen molar-refractivity contribution in [1.82, 2.24) is 15.0 Å². The average molecular weight is 229 g/mol. The third-order valence-electron chi connectivity index (χ3n) is 3.08. The molecule has 2 aromatic rings. The number of fused-ring (bicyclic) bond motifs is 1. The van der Waals surface area contributed by atoms with Gasteiger partial charge in [-0.1, -0.05) is 26.7 Å². The van der Waals surface area contributed by atoms with Crippen molar-refractivity contribution in [1.29, 1.82) is 0 Å². The van der Waals surface area contributed by atoms with Crippen molar-refractivity contribution in [2.75, 3.05) is 0 Å². The van der Waals surface area contributed by atoms with Crippen LogP contribution < -0.4 is 0 Å². The van der Waals surface area contributed by atoms with Crippen LogP contribution in [-0.4, -0.2) is 15.0 Å². The van der Waals surface area contributed by atoms with Gasteiger partial charge in [-0.25, -0.2) is 9.97 Å². The summed E-state index contributed by atoms with van der Waals surface area (Å²) in [5.41, 5.74) is 3.05. The molecule has 2 rings (SSSR count). The van der Waals surface area contributed by atoms with Crippen LogP contribution in [0.5, 0.6) is 0 Å². The fraction of sp³-hybridized carbons (Fsp3) is 0.500. The monoisotopic (exact) mass is 229 g/mol. The summed E-state index contributed by atoms with van der Waals surface area (Å²) in [5, 5.41) is 0. The Hall–Kier alpha value is -1.51. The SMILES string of the molecule is CCCC(CCC)c1ncnc2cccnc12. The standard InChI is InChI=1S/C14H19N3/c1-3-6-11(7-4-2)13-14-12(16-10-17-13)8-5-9-15-14/h5,8-11H,3-4,6-7H2,1-2H3. The summed E-state index contributed by atoms with van der Waals surface area (Å²) in [7, 11) is 0. The van der Waals surface area contributed by atoms with Crippen LogP contribution in [0.3, 0.4) is 0 Å². The number of rotatable bonds is 5. The van der Waals surface area contributed by atoms with E-state index in [4.69, 9.17) is 0 Å². The highest BCUT2D eigenvalue weighted by atomic mass is 14.9. The van der Waals surface area contributed by atoms with Crippen molar-refractivity contribution in [3.8, 4) is 0 Å². The summed E-state index contributed by atoms with van der Waals surface area (Å²) in [6.45, 7) is 4.44. The second-order valence-corrected chi connectivity index (χ2v) is 4.40. The molecule has 17 heavy (non-hydrogen) atoms. The minimum atomic E-state index is 0.519. The van der Waals surface area contributed by atoms with Gasteiger partial charge >= 0.3 is 0 Å². The second-order valence-electron chi connectivity index (χ2n) is 4.40. The van der Waals surface area contributed by atoms with Crippen LogP contribution in [0.4, 0.5) is 0 Å². The Morgan fingerprint density at radius 3 is 2.53 bits per heavy atom. The molecule has 0 aliphatic rings. The normalized spacial score (nSPS) is 11.2. The Labute approximate surface area is 102 Å². The third kappa shape index (κ3) is 2.60. The van der Waals surface area contributed by atoms with Gasteiger partial charge in [0.05, 0.1) is 11.2 Å². The maximum atomic E-state index is 4.47. The second kappa shape index (κ2) is 5.71. The van der Waals surface area contributed by atoms with Crippen LogP contribution in [0.25, 0.3) is 11.0 Å². The van der Waals surface area contributed by atoms with Gasteiger partial charge in [-0.15, -0.1) is 0 Å². The van der Waals surface area contributed by atoms with E-state index < -0.39 is 0 Å². The molecule has 3 heteroatoms. The Bertz CT molecular complexity index is 470. The molecule has 0 aliphatic carbocycles. The van der Waals surface area contributed by atoms with Crippen molar-refractivity contribution < 1.29 is 0 Å². The Morgan fingerprint density at radius 2 is 1.82 bits per heavy atom. The van der Waals surface area contributed by atoms with Crippen molar-refractivity contribution >= 4 is 11.0 Å². The molecule has 0 saturated carbocycles. The van der Waals surface area contributed by atoms with Crippen LogP contribution >= 0.6 is 0 Å². The van der Waals surface area contributed by atoms with Gasteiger partial charge in [0, 0.05) is 12.1 Å². The topological polar surface area (TPSA) is 38.7 Å². The van der Waals surface area contributed by atoms with E-state index in [1.54, 1.807) is 6.33 Å². The lowest BCUT2D eigenvalue weighted by atomic mass is 9.93. The molecule has 0 bridgehead atoms. The zero-order valence-electron chi connectivity index (χ0n) is 10.6. The summed E-state index contributed by atoms with van der Waals surface area (Å²) in [6.07, 6.45) is 8.21. The maximum absolute atomic E-state index is 4.47. The molecule has 0 spiro atoms. The van der Waals surface area contributed by atoms with Crippen LogP contribution in [0.1, 0.15) is 51.1 Å². The molecule has 0 aromatic carbocycles. The largest absolute Gasteiger partial charge is 0.253 e. The van der Waals surface area contributed by atoms with Crippen molar-refractivity contribution in [3.63, 3.8) is 0 Å². The summed E-state index contributed by atoms with van der Waals surface area (Å²) in [4.78, 5) is 13.2. The predicted molar refractivity (Wildman–Crippen MR) is 69.9 cm³/mol. The Morgan fingerprint density at radius 1 is 1.06 bits per heavy atom. The van der Waals surface area contributed by atoms with Gasteiger partial charge in [-0.2, -0.15) is 0 Å². The van der Waals surface area contributed by atoms with Crippen molar-refractivity contribution in [3.05, 3.63) is 30.4 Å². The zero-order chi connectivity index (χ0) is 12.1. The van der Waals surface area contributed by atoms with E-state index in [9.17, 15) is 0 Å². The molecule has 0 saturated heterocycles. The predicted octanol–water partition coefficient (Wildman–Crippen LogP) is 3.71. The quantitative estimate of drug-likeness (QED) is 0.784. The van der Waals surface area contributed by atoms with E-state index in [1.165, 1.54) is 25.7 Å². The molecular formula is C14H19N3. The number of aromatic nitrogens is 3. The molecule has 0 amide bonds. The van der Waals surface area contributed by atoms with Crippen LogP contribution in [0.15, 0.2) is 24.7 Å². The summed E-state index contributed by atoms with van der Waals surface area (Å²) >= 11 is 0. The highest BCUT2D eigenvalue weighted by molar-refractivity contribution is 5.76.